The molecule has 110 valence electrons. The second kappa shape index (κ2) is 6.13. The molecule has 20 heavy (non-hydrogen) atoms. The van der Waals surface area contributed by atoms with E-state index in [-0.39, 0.29) is 33.3 Å². The highest BCUT2D eigenvalue weighted by Gasteiger charge is 2.31. The van der Waals surface area contributed by atoms with Crippen LogP contribution in [-0.4, -0.2) is 18.0 Å². The molecule has 0 aliphatic rings. The molecule has 1 unspecified atom stereocenters. The van der Waals surface area contributed by atoms with Crippen molar-refractivity contribution in [3.8, 4) is 6.07 Å². The van der Waals surface area contributed by atoms with Crippen LogP contribution in [0.3, 0.4) is 0 Å². The molecule has 1 atom stereocenters. The first kappa shape index (κ1) is 16.3. The lowest BCUT2D eigenvalue weighted by molar-refractivity contribution is -0.136. The number of Topliss-reactive ketones (excluding diaryl/α,β-unsaturated/α-hetero) is 1. The zero-order valence-electron chi connectivity index (χ0n) is 11.0. The highest BCUT2D eigenvalue weighted by molar-refractivity contribution is 7.19. The van der Waals surface area contributed by atoms with E-state index in [2.05, 4.69) is 5.32 Å². The molecule has 1 heterocycles. The predicted octanol–water partition coefficient (Wildman–Crippen LogP) is 3.55. The van der Waals surface area contributed by atoms with Crippen LogP contribution in [0.1, 0.15) is 41.9 Å². The average Bonchev–Trinajstić information content (AvgIpc) is 2.62. The molecular weight excluding hydrogens is 291 g/mol. The zero-order chi connectivity index (χ0) is 15.5. The van der Waals surface area contributed by atoms with Gasteiger partial charge in [0.2, 0.25) is 0 Å². The molecule has 1 aromatic heterocycles. The second-order valence-corrected chi connectivity index (χ2v) is 5.32. The third-order valence-electron chi connectivity index (χ3n) is 2.55. The number of carbonyl (C=O) groups excluding carboxylic acids is 1. The molecule has 0 amide bonds. The normalized spacial score (nSPS) is 12.8. The van der Waals surface area contributed by atoms with Crippen molar-refractivity contribution in [1.29, 1.82) is 5.26 Å². The molecule has 0 saturated carbocycles. The van der Waals surface area contributed by atoms with Crippen molar-refractivity contribution in [2.75, 3.05) is 11.1 Å². The van der Waals surface area contributed by atoms with Crippen LogP contribution in [0.25, 0.3) is 0 Å². The molecule has 0 bridgehead atoms. The van der Waals surface area contributed by atoms with Gasteiger partial charge in [0.1, 0.15) is 16.6 Å². The van der Waals surface area contributed by atoms with Crippen LogP contribution < -0.4 is 11.1 Å². The number of rotatable bonds is 5. The fourth-order valence-corrected chi connectivity index (χ4v) is 2.84. The molecule has 0 aliphatic carbocycles. The Hall–Kier alpha value is -1.75. The van der Waals surface area contributed by atoms with Crippen molar-refractivity contribution in [2.24, 2.45) is 0 Å². The first-order chi connectivity index (χ1) is 9.19. The van der Waals surface area contributed by atoms with Crippen molar-refractivity contribution >= 4 is 27.8 Å². The Kier molecular flexibility index (Phi) is 5.00. The van der Waals surface area contributed by atoms with Crippen LogP contribution in [0.2, 0.25) is 0 Å². The third-order valence-corrected chi connectivity index (χ3v) is 3.72. The van der Waals surface area contributed by atoms with Crippen LogP contribution in [-0.2, 0) is 0 Å². The highest BCUT2D eigenvalue weighted by atomic mass is 32.1. The lowest BCUT2D eigenvalue weighted by Crippen LogP contribution is -2.23. The maximum Gasteiger partial charge on any atom is 0.391 e. The minimum absolute atomic E-state index is 0.0285. The van der Waals surface area contributed by atoms with Crippen molar-refractivity contribution < 1.29 is 18.0 Å². The average molecular weight is 305 g/mol. The smallest absolute Gasteiger partial charge is 0.391 e. The molecular formula is C12H14F3N3OS. The summed E-state index contributed by atoms with van der Waals surface area (Å²) in [6.45, 7) is 3.00. The molecule has 8 heteroatoms. The van der Waals surface area contributed by atoms with Gasteiger partial charge in [-0.05, 0) is 6.92 Å². The van der Waals surface area contributed by atoms with Gasteiger partial charge in [0.25, 0.3) is 0 Å². The highest BCUT2D eigenvalue weighted by Crippen LogP contribution is 2.37. The van der Waals surface area contributed by atoms with Gasteiger partial charge in [-0.3, -0.25) is 4.79 Å². The minimum Gasteiger partial charge on any atom is -0.396 e. The maximum absolute atomic E-state index is 12.3. The Morgan fingerprint density at radius 3 is 2.60 bits per heavy atom. The Balaban J connectivity index is 3.02. The van der Waals surface area contributed by atoms with E-state index >= 15 is 0 Å². The number of nitrogens with one attached hydrogen (secondary N) is 1. The van der Waals surface area contributed by atoms with E-state index in [4.69, 9.17) is 11.0 Å². The summed E-state index contributed by atoms with van der Waals surface area (Å²) in [5.41, 5.74) is 5.76. The maximum atomic E-state index is 12.3. The minimum atomic E-state index is -4.30. The molecule has 0 radical (unpaired) electrons. The summed E-state index contributed by atoms with van der Waals surface area (Å²) in [5.74, 6) is -0.236. The van der Waals surface area contributed by atoms with Gasteiger partial charge < -0.3 is 11.1 Å². The monoisotopic (exact) mass is 305 g/mol. The quantitative estimate of drug-likeness (QED) is 0.815. The standard InChI is InChI=1S/C12H14F3N3OS/c1-3-8(19)10-9(17)7(5-16)11(20-10)18-6(2)4-12(13,14)15/h6,18H,3-4,17H2,1-2H3. The van der Waals surface area contributed by atoms with E-state index in [1.807, 2.05) is 6.07 Å². The Morgan fingerprint density at radius 2 is 2.15 bits per heavy atom. The molecule has 4 nitrogen and oxygen atoms in total. The third kappa shape index (κ3) is 3.87. The summed E-state index contributed by atoms with van der Waals surface area (Å²) >= 11 is 0.922. The number of nitriles is 1. The topological polar surface area (TPSA) is 78.9 Å². The van der Waals surface area contributed by atoms with Gasteiger partial charge in [-0.25, -0.2) is 0 Å². The summed E-state index contributed by atoms with van der Waals surface area (Å²) in [7, 11) is 0. The number of carbonyl (C=O) groups is 1. The van der Waals surface area contributed by atoms with Crippen molar-refractivity contribution in [2.45, 2.75) is 38.9 Å². The summed E-state index contributed by atoms with van der Waals surface area (Å²) in [4.78, 5) is 11.9. The van der Waals surface area contributed by atoms with Crippen LogP contribution in [0, 0.1) is 11.3 Å². The molecule has 0 aromatic carbocycles. The number of nitrogens with zero attached hydrogens (tertiary/aromatic N) is 1. The van der Waals surface area contributed by atoms with Gasteiger partial charge in [0.05, 0.1) is 17.0 Å². The van der Waals surface area contributed by atoms with Crippen LogP contribution in [0.4, 0.5) is 23.9 Å². The van der Waals surface area contributed by atoms with Gasteiger partial charge in [0, 0.05) is 12.5 Å². The lowest BCUT2D eigenvalue weighted by Gasteiger charge is -2.15. The van der Waals surface area contributed by atoms with E-state index < -0.39 is 18.6 Å². The van der Waals surface area contributed by atoms with Crippen LogP contribution in [0.15, 0.2) is 0 Å². The summed E-state index contributed by atoms with van der Waals surface area (Å²) in [5, 5.41) is 11.8. The molecule has 3 N–H and O–H groups in total. The SMILES string of the molecule is CCC(=O)c1sc(NC(C)CC(F)(F)F)c(C#N)c1N. The van der Waals surface area contributed by atoms with Gasteiger partial charge in [0.15, 0.2) is 5.78 Å². The van der Waals surface area contributed by atoms with Gasteiger partial charge in [-0.2, -0.15) is 18.4 Å². The lowest BCUT2D eigenvalue weighted by atomic mass is 10.2. The zero-order valence-corrected chi connectivity index (χ0v) is 11.8. The van der Waals surface area contributed by atoms with Crippen LogP contribution in [0.5, 0.6) is 0 Å². The number of nitrogen functional groups attached to an aromatic ring is 1. The predicted molar refractivity (Wildman–Crippen MR) is 71.8 cm³/mol. The number of ketones is 1. The molecule has 0 fully saturated rings. The molecule has 0 spiro atoms. The summed E-state index contributed by atoms with van der Waals surface area (Å²) in [6, 6.07) is 0.909. The molecule has 1 aromatic rings. The molecule has 0 saturated heterocycles. The van der Waals surface area contributed by atoms with Gasteiger partial charge in [-0.1, -0.05) is 6.92 Å². The number of anilines is 2. The number of nitrogens with two attached hydrogens (primary N) is 1. The number of thiophene rings is 1. The second-order valence-electron chi connectivity index (χ2n) is 4.30. The summed E-state index contributed by atoms with van der Waals surface area (Å²) < 4.78 is 36.8. The van der Waals surface area contributed by atoms with E-state index in [0.717, 1.165) is 11.3 Å². The first-order valence-corrected chi connectivity index (χ1v) is 6.70. The fraction of sp³-hybridized carbons (Fsp3) is 0.500. The Morgan fingerprint density at radius 1 is 1.55 bits per heavy atom. The van der Waals surface area contributed by atoms with Crippen molar-refractivity contribution in [3.05, 3.63) is 10.4 Å². The van der Waals surface area contributed by atoms with E-state index in [1.165, 1.54) is 6.92 Å². The van der Waals surface area contributed by atoms with Crippen molar-refractivity contribution in [1.82, 2.24) is 0 Å². The van der Waals surface area contributed by atoms with Gasteiger partial charge in [-0.15, -0.1) is 11.3 Å². The number of halogens is 3. The van der Waals surface area contributed by atoms with Crippen LogP contribution >= 0.6 is 11.3 Å². The number of hydrogen-bond acceptors (Lipinski definition) is 5. The van der Waals surface area contributed by atoms with Crippen molar-refractivity contribution in [3.63, 3.8) is 0 Å². The molecule has 0 aliphatic heterocycles. The summed E-state index contributed by atoms with van der Waals surface area (Å²) in [6.07, 6.45) is -5.12. The number of alkyl halides is 3. The number of hydrogen-bond donors (Lipinski definition) is 2. The van der Waals surface area contributed by atoms with Gasteiger partial charge >= 0.3 is 6.18 Å². The fourth-order valence-electron chi connectivity index (χ4n) is 1.65. The van der Waals surface area contributed by atoms with E-state index in [0.29, 0.717) is 0 Å². The first-order valence-electron chi connectivity index (χ1n) is 5.88. The largest absolute Gasteiger partial charge is 0.396 e. The molecule has 1 rings (SSSR count). The van der Waals surface area contributed by atoms with E-state index in [9.17, 15) is 18.0 Å². The Bertz CT molecular complexity index is 545. The van der Waals surface area contributed by atoms with E-state index in [1.54, 1.807) is 6.92 Å². The Labute approximate surface area is 118 Å².